The van der Waals surface area contributed by atoms with Crippen molar-refractivity contribution < 1.29 is 9.32 Å². The largest absolute Gasteiger partial charge is 0.361 e. The highest BCUT2D eigenvalue weighted by molar-refractivity contribution is 5.79. The molecule has 1 aromatic heterocycles. The Morgan fingerprint density at radius 3 is 2.33 bits per heavy atom. The molecule has 0 aromatic carbocycles. The van der Waals surface area contributed by atoms with Gasteiger partial charge in [-0.3, -0.25) is 4.79 Å². The van der Waals surface area contributed by atoms with Crippen LogP contribution in [0, 0.1) is 19.3 Å². The maximum Gasteiger partial charge on any atom is 0.227 e. The highest BCUT2D eigenvalue weighted by Crippen LogP contribution is 2.24. The number of hydrogen-bond acceptors (Lipinski definition) is 3. The Bertz CT molecular complexity index is 410. The Morgan fingerprint density at radius 2 is 1.94 bits per heavy atom. The van der Waals surface area contributed by atoms with E-state index in [1.54, 1.807) is 0 Å². The molecule has 0 unspecified atom stereocenters. The summed E-state index contributed by atoms with van der Waals surface area (Å²) in [4.78, 5) is 14.1. The first-order chi connectivity index (χ1) is 8.14. The van der Waals surface area contributed by atoms with Crippen molar-refractivity contribution in [1.82, 2.24) is 10.1 Å². The SMILES string of the molecule is Cc1noc(C)c1CC(=O)N(C)[C@@H](C)C(C)(C)C. The summed E-state index contributed by atoms with van der Waals surface area (Å²) in [7, 11) is 1.86. The van der Waals surface area contributed by atoms with Crippen LogP contribution in [0.3, 0.4) is 0 Å². The maximum atomic E-state index is 12.3. The standard InChI is InChI=1S/C14H24N2O2/c1-9-12(10(2)18-15-9)8-13(17)16(7)11(3)14(4,5)6/h11H,8H2,1-7H3/t11-/m0/s1. The van der Waals surface area contributed by atoms with Crippen molar-refractivity contribution in [2.45, 2.75) is 54.0 Å². The molecule has 0 aliphatic rings. The molecule has 0 radical (unpaired) electrons. The molecule has 1 rings (SSSR count). The molecular weight excluding hydrogens is 228 g/mol. The third-order valence-electron chi connectivity index (χ3n) is 3.74. The lowest BCUT2D eigenvalue weighted by molar-refractivity contribution is -0.132. The van der Waals surface area contributed by atoms with E-state index in [1.165, 1.54) is 0 Å². The van der Waals surface area contributed by atoms with Gasteiger partial charge in [-0.1, -0.05) is 25.9 Å². The number of carbonyl (C=O) groups is 1. The second kappa shape index (κ2) is 5.12. The maximum absolute atomic E-state index is 12.3. The monoisotopic (exact) mass is 252 g/mol. The molecular formula is C14H24N2O2. The molecule has 1 heterocycles. The van der Waals surface area contributed by atoms with Gasteiger partial charge in [-0.15, -0.1) is 0 Å². The quantitative estimate of drug-likeness (QED) is 0.831. The van der Waals surface area contributed by atoms with Crippen molar-refractivity contribution in [3.8, 4) is 0 Å². The minimum atomic E-state index is 0.0726. The number of aromatic nitrogens is 1. The molecule has 1 amide bonds. The Kier molecular flexibility index (Phi) is 4.20. The van der Waals surface area contributed by atoms with Crippen molar-refractivity contribution in [3.63, 3.8) is 0 Å². The number of hydrogen-bond donors (Lipinski definition) is 0. The van der Waals surface area contributed by atoms with E-state index in [4.69, 9.17) is 4.52 Å². The van der Waals surface area contributed by atoms with Crippen molar-refractivity contribution >= 4 is 5.91 Å². The van der Waals surface area contributed by atoms with Crippen molar-refractivity contribution in [1.29, 1.82) is 0 Å². The van der Waals surface area contributed by atoms with Crippen LogP contribution >= 0.6 is 0 Å². The van der Waals surface area contributed by atoms with Crippen LogP contribution in [0.4, 0.5) is 0 Å². The summed E-state index contributed by atoms with van der Waals surface area (Å²) < 4.78 is 5.08. The molecule has 4 heteroatoms. The normalized spacial score (nSPS) is 13.5. The lowest BCUT2D eigenvalue weighted by atomic mass is 9.87. The van der Waals surface area contributed by atoms with Gasteiger partial charge in [0.2, 0.25) is 5.91 Å². The smallest absolute Gasteiger partial charge is 0.227 e. The molecule has 18 heavy (non-hydrogen) atoms. The predicted molar refractivity (Wildman–Crippen MR) is 71.4 cm³/mol. The van der Waals surface area contributed by atoms with Gasteiger partial charge in [-0.05, 0) is 26.2 Å². The van der Waals surface area contributed by atoms with E-state index >= 15 is 0 Å². The number of amides is 1. The Morgan fingerprint density at radius 1 is 1.39 bits per heavy atom. The highest BCUT2D eigenvalue weighted by Gasteiger charge is 2.27. The summed E-state index contributed by atoms with van der Waals surface area (Å²) in [5.74, 6) is 0.837. The van der Waals surface area contributed by atoms with E-state index in [0.717, 1.165) is 17.0 Å². The second-order valence-corrected chi connectivity index (χ2v) is 6.03. The lowest BCUT2D eigenvalue weighted by Crippen LogP contribution is -2.43. The predicted octanol–water partition coefficient (Wildman–Crippen LogP) is 2.73. The first-order valence-corrected chi connectivity index (χ1v) is 6.32. The molecule has 0 fully saturated rings. The van der Waals surface area contributed by atoms with Crippen LogP contribution in [0.1, 0.15) is 44.7 Å². The van der Waals surface area contributed by atoms with Crippen LogP contribution in [0.2, 0.25) is 0 Å². The topological polar surface area (TPSA) is 46.3 Å². The van der Waals surface area contributed by atoms with Crippen LogP contribution in [-0.2, 0) is 11.2 Å². The molecule has 1 atom stereocenters. The Labute approximate surface area is 109 Å². The molecule has 0 saturated carbocycles. The summed E-state index contributed by atoms with van der Waals surface area (Å²) in [5.41, 5.74) is 1.79. The van der Waals surface area contributed by atoms with Gasteiger partial charge < -0.3 is 9.42 Å². The summed E-state index contributed by atoms with van der Waals surface area (Å²) in [6.45, 7) is 12.2. The van der Waals surface area contributed by atoms with E-state index < -0.39 is 0 Å². The summed E-state index contributed by atoms with van der Waals surface area (Å²) in [6.07, 6.45) is 0.359. The third-order valence-corrected chi connectivity index (χ3v) is 3.74. The van der Waals surface area contributed by atoms with Gasteiger partial charge in [-0.25, -0.2) is 0 Å². The summed E-state index contributed by atoms with van der Waals surface area (Å²) in [6, 6.07) is 0.186. The third kappa shape index (κ3) is 3.12. The molecule has 0 bridgehead atoms. The number of aryl methyl sites for hydroxylation is 2. The van der Waals surface area contributed by atoms with Crippen LogP contribution in [-0.4, -0.2) is 29.1 Å². The lowest BCUT2D eigenvalue weighted by Gasteiger charge is -2.35. The van der Waals surface area contributed by atoms with Crippen molar-refractivity contribution in [3.05, 3.63) is 17.0 Å². The van der Waals surface area contributed by atoms with Gasteiger partial charge in [-0.2, -0.15) is 0 Å². The zero-order valence-electron chi connectivity index (χ0n) is 12.5. The van der Waals surface area contributed by atoms with E-state index in [-0.39, 0.29) is 17.4 Å². The number of rotatable bonds is 3. The molecule has 102 valence electrons. The minimum absolute atomic E-state index is 0.0726. The molecule has 0 saturated heterocycles. The van der Waals surface area contributed by atoms with Crippen LogP contribution in [0.5, 0.6) is 0 Å². The number of nitrogens with zero attached hydrogens (tertiary/aromatic N) is 2. The fraction of sp³-hybridized carbons (Fsp3) is 0.714. The molecule has 0 spiro atoms. The van der Waals surface area contributed by atoms with Gasteiger partial charge in [0.15, 0.2) is 0 Å². The first-order valence-electron chi connectivity index (χ1n) is 6.32. The van der Waals surface area contributed by atoms with Crippen LogP contribution in [0.15, 0.2) is 4.52 Å². The minimum Gasteiger partial charge on any atom is -0.361 e. The highest BCUT2D eigenvalue weighted by atomic mass is 16.5. The molecule has 4 nitrogen and oxygen atoms in total. The zero-order chi connectivity index (χ0) is 14.1. The number of likely N-dealkylation sites (N-methyl/N-ethyl adjacent to an activating group) is 1. The molecule has 0 N–H and O–H groups in total. The van der Waals surface area contributed by atoms with Gasteiger partial charge in [0.05, 0.1) is 12.1 Å². The molecule has 0 aliphatic heterocycles. The van der Waals surface area contributed by atoms with Crippen LogP contribution in [0.25, 0.3) is 0 Å². The average molecular weight is 252 g/mol. The average Bonchev–Trinajstić information content (AvgIpc) is 2.57. The van der Waals surface area contributed by atoms with Gasteiger partial charge in [0, 0.05) is 18.7 Å². The van der Waals surface area contributed by atoms with Crippen molar-refractivity contribution in [2.24, 2.45) is 5.41 Å². The Hall–Kier alpha value is -1.32. The molecule has 0 aliphatic carbocycles. The van der Waals surface area contributed by atoms with Crippen LogP contribution < -0.4 is 0 Å². The van der Waals surface area contributed by atoms with E-state index in [1.807, 2.05) is 25.8 Å². The Balaban J connectivity index is 2.78. The number of carbonyl (C=O) groups excluding carboxylic acids is 1. The van der Waals surface area contributed by atoms with Gasteiger partial charge >= 0.3 is 0 Å². The first kappa shape index (κ1) is 14.7. The zero-order valence-corrected chi connectivity index (χ0v) is 12.5. The summed E-state index contributed by atoms with van der Waals surface area (Å²) >= 11 is 0. The van der Waals surface area contributed by atoms with E-state index in [2.05, 4.69) is 32.9 Å². The van der Waals surface area contributed by atoms with E-state index in [0.29, 0.717) is 6.42 Å². The van der Waals surface area contributed by atoms with Crippen molar-refractivity contribution in [2.75, 3.05) is 7.05 Å². The van der Waals surface area contributed by atoms with Gasteiger partial charge in [0.1, 0.15) is 5.76 Å². The summed E-state index contributed by atoms with van der Waals surface area (Å²) in [5, 5.41) is 3.88. The fourth-order valence-electron chi connectivity index (χ4n) is 1.83. The molecule has 1 aromatic rings. The van der Waals surface area contributed by atoms with Gasteiger partial charge in [0.25, 0.3) is 0 Å². The fourth-order valence-corrected chi connectivity index (χ4v) is 1.83. The van der Waals surface area contributed by atoms with E-state index in [9.17, 15) is 4.79 Å². The second-order valence-electron chi connectivity index (χ2n) is 6.03.